The number of hydrogen-bond acceptors (Lipinski definition) is 1. The van der Waals surface area contributed by atoms with E-state index in [1.807, 2.05) is 44.2 Å². The van der Waals surface area contributed by atoms with E-state index in [0.717, 1.165) is 11.6 Å². The van der Waals surface area contributed by atoms with Gasteiger partial charge in [0.2, 0.25) is 0 Å². The van der Waals surface area contributed by atoms with E-state index < -0.39 is 0 Å². The van der Waals surface area contributed by atoms with Gasteiger partial charge in [-0.3, -0.25) is 5.92 Å². The summed E-state index contributed by atoms with van der Waals surface area (Å²) in [6.07, 6.45) is 0. The van der Waals surface area contributed by atoms with Crippen LogP contribution < -0.4 is 4.90 Å². The Kier molecular flexibility index (Phi) is 3.76. The summed E-state index contributed by atoms with van der Waals surface area (Å²) < 4.78 is 0. The van der Waals surface area contributed by atoms with Crippen LogP contribution in [0.1, 0.15) is 13.8 Å². The average Bonchev–Trinajstić information content (AvgIpc) is 2.17. The monoisotopic (exact) mass is 443 g/mol. The van der Waals surface area contributed by atoms with Crippen molar-refractivity contribution < 1.29 is 4.79 Å². The molecule has 0 N–H and O–H groups in total. The maximum absolute atomic E-state index is 11.5. The fourth-order valence-corrected chi connectivity index (χ4v) is 1.10. The van der Waals surface area contributed by atoms with Gasteiger partial charge in [-0.05, 0) is 12.1 Å². The van der Waals surface area contributed by atoms with Crippen LogP contribution in [0.3, 0.4) is 0 Å². The Morgan fingerprint density at radius 2 is 1.71 bits per heavy atom. The standard InChI is InChI=1S/C11H14NO.Rf/c1-9(2)11(13)12(3)10-7-5-4-6-8-10;/h4-8H,1-3H3;/q-1;. The topological polar surface area (TPSA) is 20.3 Å². The third kappa shape index (κ3) is 2.27. The molecule has 14 heavy (non-hydrogen) atoms. The number of amides is 1. The first-order valence-corrected chi connectivity index (χ1v) is 4.26. The van der Waals surface area contributed by atoms with Crippen molar-refractivity contribution in [2.24, 2.45) is 0 Å². The van der Waals surface area contributed by atoms with Crippen LogP contribution in [-0.2, 0) is 4.79 Å². The van der Waals surface area contributed by atoms with Gasteiger partial charge in [-0.25, -0.2) is 0 Å². The number of para-hydroxylation sites is 1. The minimum atomic E-state index is 0. The smallest absolute Gasteiger partial charge is 0.0914 e. The Hall–Kier alpha value is -2.44. The summed E-state index contributed by atoms with van der Waals surface area (Å²) >= 11 is 0. The van der Waals surface area contributed by atoms with Crippen molar-refractivity contribution >= 4 is 11.6 Å². The van der Waals surface area contributed by atoms with Gasteiger partial charge in [-0.15, -0.1) is 0 Å². The number of carbonyl (C=O) groups is 1. The van der Waals surface area contributed by atoms with Crippen LogP contribution in [0, 0.1) is 5.92 Å². The molecule has 0 aliphatic heterocycles. The van der Waals surface area contributed by atoms with Gasteiger partial charge in [-0.1, -0.05) is 18.2 Å². The molecule has 0 radical (unpaired) electrons. The summed E-state index contributed by atoms with van der Waals surface area (Å²) in [5.41, 5.74) is 0.925. The van der Waals surface area contributed by atoms with Gasteiger partial charge < -0.3 is 9.69 Å². The summed E-state index contributed by atoms with van der Waals surface area (Å²) in [4.78, 5) is 13.2. The Labute approximate surface area is 79.2 Å². The largest absolute Gasteiger partial charge is 0.340 e. The molecule has 0 aliphatic rings. The van der Waals surface area contributed by atoms with Gasteiger partial charge >= 0.3 is 0 Å². The summed E-state index contributed by atoms with van der Waals surface area (Å²) in [5, 5.41) is 0. The molecule has 1 rings (SSSR count). The van der Waals surface area contributed by atoms with Gasteiger partial charge in [-0.2, -0.15) is 13.8 Å². The van der Waals surface area contributed by atoms with E-state index in [0.29, 0.717) is 0 Å². The molecule has 1 aromatic rings. The third-order valence-corrected chi connectivity index (χ3v) is 1.88. The maximum Gasteiger partial charge on any atom is 0.0914 e. The van der Waals surface area contributed by atoms with Crippen molar-refractivity contribution in [3.05, 3.63) is 36.2 Å². The molecular weight excluding hydrogens is 429 g/mol. The van der Waals surface area contributed by atoms with Gasteiger partial charge in [0.1, 0.15) is 0 Å². The molecule has 0 aromatic heterocycles. The van der Waals surface area contributed by atoms with E-state index in [2.05, 4.69) is 0 Å². The summed E-state index contributed by atoms with van der Waals surface area (Å²) in [7, 11) is 1.78. The van der Waals surface area contributed by atoms with Crippen LogP contribution in [0.2, 0.25) is 0 Å². The number of anilines is 1. The molecule has 0 heterocycles. The summed E-state index contributed by atoms with van der Waals surface area (Å²) in [6, 6.07) is 9.61. The second kappa shape index (κ2) is 4.55. The second-order valence-electron chi connectivity index (χ2n) is 3.20. The summed E-state index contributed by atoms with van der Waals surface area (Å²) in [5.74, 6) is 0.859. The van der Waals surface area contributed by atoms with Gasteiger partial charge in [0, 0.05) is 12.7 Å². The van der Waals surface area contributed by atoms with Crippen molar-refractivity contribution in [3.8, 4) is 0 Å². The normalized spacial score (nSPS) is 8.79. The number of nitrogens with zero attached hydrogens (tertiary/aromatic N) is 1. The predicted molar refractivity (Wildman–Crippen MR) is 54.4 cm³/mol. The minimum Gasteiger partial charge on any atom is -0.340 e. The first kappa shape index (κ1) is 11.6. The number of rotatable bonds is 2. The molecule has 0 atom stereocenters. The number of benzene rings is 1. The average molecular weight is 443 g/mol. The molecule has 2 nitrogen and oxygen atoms in total. The molecule has 0 spiro atoms. The Balaban J connectivity index is 0.00000169. The first-order valence-electron chi connectivity index (χ1n) is 4.26. The van der Waals surface area contributed by atoms with Gasteiger partial charge in [0.25, 0.3) is 0 Å². The molecule has 0 saturated carbocycles. The Morgan fingerprint density at radius 3 is 2.14 bits per heavy atom. The maximum atomic E-state index is 11.5. The predicted octanol–water partition coefficient (Wildman–Crippen LogP) is 2.26. The van der Waals surface area contributed by atoms with Crippen molar-refractivity contribution in [2.75, 3.05) is 11.9 Å². The molecule has 0 aliphatic carbocycles. The molecule has 0 fully saturated rings. The zero-order chi connectivity index (χ0) is 9.84. The molecule has 0 saturated heterocycles. The fraction of sp³-hybridized carbons (Fsp3) is 0.273. The first-order chi connectivity index (χ1) is 6.13. The summed E-state index contributed by atoms with van der Waals surface area (Å²) in [6.45, 7) is 3.64. The van der Waals surface area contributed by atoms with Crippen molar-refractivity contribution in [1.82, 2.24) is 0 Å². The van der Waals surface area contributed by atoms with Crippen LogP contribution in [-0.4, -0.2) is 13.0 Å². The molecule has 72 valence electrons. The van der Waals surface area contributed by atoms with E-state index in [4.69, 9.17) is 0 Å². The zero-order valence-electron chi connectivity index (χ0n) is 8.95. The number of hydrogen-bond donors (Lipinski definition) is 0. The fourth-order valence-electron chi connectivity index (χ4n) is 1.10. The van der Waals surface area contributed by atoms with E-state index in [9.17, 15) is 4.79 Å². The zero-order valence-corrected chi connectivity index (χ0v) is 15.3. The molecular formula is C11H14NORf-. The molecule has 0 bridgehead atoms. The van der Waals surface area contributed by atoms with Crippen molar-refractivity contribution in [1.29, 1.82) is 0 Å². The molecule has 3 heteroatoms. The van der Waals surface area contributed by atoms with E-state index in [1.54, 1.807) is 11.9 Å². The van der Waals surface area contributed by atoms with E-state index >= 15 is 0 Å². The van der Waals surface area contributed by atoms with Crippen LogP contribution in [0.4, 0.5) is 5.69 Å². The SMILES string of the molecule is C[C-](C)C(=O)N(C)c1ccccc1.[Rf]. The van der Waals surface area contributed by atoms with Crippen LogP contribution in [0.25, 0.3) is 0 Å². The van der Waals surface area contributed by atoms with Gasteiger partial charge in [0.15, 0.2) is 0 Å². The number of carbonyl (C=O) groups excluding carboxylic acids is 1. The quantitative estimate of drug-likeness (QED) is 0.643. The van der Waals surface area contributed by atoms with Crippen molar-refractivity contribution in [3.63, 3.8) is 0 Å². The molecule has 0 unspecified atom stereocenters. The Morgan fingerprint density at radius 1 is 1.21 bits per heavy atom. The van der Waals surface area contributed by atoms with E-state index in [-0.39, 0.29) is 5.91 Å². The molecule has 1 amide bonds. The van der Waals surface area contributed by atoms with E-state index in [1.165, 1.54) is 0 Å². The minimum absolute atomic E-state index is 0. The van der Waals surface area contributed by atoms with Crippen LogP contribution >= 0.6 is 0 Å². The van der Waals surface area contributed by atoms with Crippen molar-refractivity contribution in [2.45, 2.75) is 13.8 Å². The second-order valence-corrected chi connectivity index (χ2v) is 3.20. The third-order valence-electron chi connectivity index (χ3n) is 1.88. The van der Waals surface area contributed by atoms with Crippen LogP contribution in [0.5, 0.6) is 0 Å². The molecule has 1 aromatic carbocycles. The van der Waals surface area contributed by atoms with Gasteiger partial charge in [0.05, 0.1) is 5.91 Å². The Bertz CT molecular complexity index is 285. The van der Waals surface area contributed by atoms with Crippen LogP contribution in [0.15, 0.2) is 30.3 Å².